The quantitative estimate of drug-likeness (QED) is 0.245. The van der Waals surface area contributed by atoms with Crippen LogP contribution in [0.25, 0.3) is 0 Å². The molecule has 7 heavy (non-hydrogen) atoms. The predicted molar refractivity (Wildman–Crippen MR) is 35.7 cm³/mol. The number of hydrazine groups is 1. The maximum Gasteiger partial charge on any atom is 0.0588 e. The molecule has 0 saturated carbocycles. The third-order valence-corrected chi connectivity index (χ3v) is 0.204. The van der Waals surface area contributed by atoms with E-state index in [-0.39, 0.29) is 0 Å². The third-order valence-electron chi connectivity index (χ3n) is 0.204. The smallest absolute Gasteiger partial charge is 0.0588 e. The lowest BCUT2D eigenvalue weighted by atomic mass is 10.8. The van der Waals surface area contributed by atoms with Gasteiger partial charge in [0.25, 0.3) is 0 Å². The van der Waals surface area contributed by atoms with E-state index >= 15 is 0 Å². The molecular formula is C3H11N3S. The summed E-state index contributed by atoms with van der Waals surface area (Å²) in [6.45, 7) is 2.79. The summed E-state index contributed by atoms with van der Waals surface area (Å²) in [4.78, 5) is 0. The van der Waals surface area contributed by atoms with Crippen molar-refractivity contribution in [2.75, 3.05) is 6.54 Å². The van der Waals surface area contributed by atoms with E-state index < -0.39 is 0 Å². The van der Waals surface area contributed by atoms with Gasteiger partial charge in [-0.2, -0.15) is 0 Å². The molecule has 0 aliphatic heterocycles. The van der Waals surface area contributed by atoms with Crippen LogP contribution in [0.1, 0.15) is 6.92 Å². The predicted octanol–water partition coefficient (Wildman–Crippen LogP) is -0.628. The Morgan fingerprint density at radius 3 is 2.00 bits per heavy atom. The van der Waals surface area contributed by atoms with Crippen LogP contribution in [0.2, 0.25) is 0 Å². The summed E-state index contributed by atoms with van der Waals surface area (Å²) in [5.41, 5.74) is 8.05. The summed E-state index contributed by atoms with van der Waals surface area (Å²) in [7, 11) is 0. The standard InChI is InChI=1S/C2H8N2.CH3NS/c1-2-4-3;2-1-3/h4H,2-3H2,1H3;1H,(H2,2,3). The molecule has 5 N–H and O–H groups in total. The molecule has 44 valence electrons. The topological polar surface area (TPSA) is 64.1 Å². The molecule has 0 aliphatic carbocycles. The van der Waals surface area contributed by atoms with Gasteiger partial charge in [-0.3, -0.25) is 11.3 Å². The van der Waals surface area contributed by atoms with Gasteiger partial charge in [-0.05, 0) is 0 Å². The van der Waals surface area contributed by atoms with E-state index in [0.29, 0.717) is 0 Å². The van der Waals surface area contributed by atoms with Gasteiger partial charge in [-0.1, -0.05) is 19.1 Å². The second-order valence-electron chi connectivity index (χ2n) is 0.694. The molecular weight excluding hydrogens is 110 g/mol. The summed E-state index contributed by atoms with van der Waals surface area (Å²) >= 11 is 4.05. The molecule has 0 aromatic rings. The van der Waals surface area contributed by atoms with Gasteiger partial charge in [0, 0.05) is 6.54 Å². The largest absolute Gasteiger partial charge is 0.396 e. The molecule has 3 nitrogen and oxygen atoms in total. The lowest BCUT2D eigenvalue weighted by Gasteiger charge is -1.77. The average Bonchev–Trinajstić information content (AvgIpc) is 1.69. The number of nitrogens with one attached hydrogen (secondary N) is 1. The van der Waals surface area contributed by atoms with Crippen LogP contribution in [-0.4, -0.2) is 12.0 Å². The van der Waals surface area contributed by atoms with Gasteiger partial charge in [0.15, 0.2) is 0 Å². The van der Waals surface area contributed by atoms with Crippen LogP contribution in [0.4, 0.5) is 0 Å². The molecule has 0 heterocycles. The molecule has 0 bridgehead atoms. The number of nitrogens with two attached hydrogens (primary N) is 2. The second-order valence-corrected chi connectivity index (χ2v) is 0.966. The third kappa shape index (κ3) is 129. The van der Waals surface area contributed by atoms with Gasteiger partial charge in [-0.25, -0.2) is 0 Å². The molecule has 0 amide bonds. The Hall–Kier alpha value is -0.190. The number of thiocarbonyl (C=S) groups is 1. The van der Waals surface area contributed by atoms with Crippen LogP contribution in [0.15, 0.2) is 0 Å². The maximum atomic E-state index is 4.78. The minimum Gasteiger partial charge on any atom is -0.396 e. The van der Waals surface area contributed by atoms with E-state index in [2.05, 4.69) is 23.4 Å². The van der Waals surface area contributed by atoms with Crippen molar-refractivity contribution in [2.24, 2.45) is 11.6 Å². The fourth-order valence-electron chi connectivity index (χ4n) is 0. The molecule has 0 atom stereocenters. The lowest BCUT2D eigenvalue weighted by Crippen LogP contribution is -2.20. The number of hydrogen-bond acceptors (Lipinski definition) is 3. The van der Waals surface area contributed by atoms with Crippen LogP contribution in [0.3, 0.4) is 0 Å². The highest BCUT2D eigenvalue weighted by molar-refractivity contribution is 7.78. The Kier molecular flexibility index (Phi) is 24.2. The van der Waals surface area contributed by atoms with E-state index in [1.807, 2.05) is 6.92 Å². The van der Waals surface area contributed by atoms with Crippen molar-refractivity contribution < 1.29 is 0 Å². The van der Waals surface area contributed by atoms with E-state index in [9.17, 15) is 0 Å². The highest BCUT2D eigenvalue weighted by Crippen LogP contribution is 1.30. The van der Waals surface area contributed by atoms with Gasteiger partial charge in [0.1, 0.15) is 0 Å². The van der Waals surface area contributed by atoms with Crippen molar-refractivity contribution in [3.05, 3.63) is 0 Å². The van der Waals surface area contributed by atoms with Crippen molar-refractivity contribution in [2.45, 2.75) is 6.92 Å². The molecule has 0 saturated heterocycles. The van der Waals surface area contributed by atoms with Crippen molar-refractivity contribution in [1.29, 1.82) is 0 Å². The summed E-state index contributed by atoms with van der Waals surface area (Å²) in [6.07, 6.45) is 0. The second kappa shape index (κ2) is 17.0. The average molecular weight is 121 g/mol. The van der Waals surface area contributed by atoms with Crippen molar-refractivity contribution in [3.8, 4) is 0 Å². The van der Waals surface area contributed by atoms with Crippen molar-refractivity contribution >= 4 is 17.7 Å². The van der Waals surface area contributed by atoms with Crippen LogP contribution in [-0.2, 0) is 0 Å². The van der Waals surface area contributed by atoms with Crippen LogP contribution in [0.5, 0.6) is 0 Å². The monoisotopic (exact) mass is 121 g/mol. The van der Waals surface area contributed by atoms with Crippen LogP contribution >= 0.6 is 12.2 Å². The van der Waals surface area contributed by atoms with Gasteiger partial charge in [0.05, 0.1) is 5.49 Å². The Balaban J connectivity index is 0. The first kappa shape index (κ1) is 9.94. The normalized spacial score (nSPS) is 6.00. The Labute approximate surface area is 49.0 Å². The zero-order valence-corrected chi connectivity index (χ0v) is 5.16. The molecule has 0 aromatic carbocycles. The highest BCUT2D eigenvalue weighted by atomic mass is 32.1. The van der Waals surface area contributed by atoms with E-state index in [1.165, 1.54) is 0 Å². The Bertz CT molecular complexity index is 29.4. The first-order valence-electron chi connectivity index (χ1n) is 1.92. The van der Waals surface area contributed by atoms with Crippen LogP contribution in [0, 0.1) is 0 Å². The van der Waals surface area contributed by atoms with Gasteiger partial charge in [0.2, 0.25) is 0 Å². The van der Waals surface area contributed by atoms with Gasteiger partial charge < -0.3 is 5.73 Å². The zero-order valence-electron chi connectivity index (χ0n) is 4.35. The lowest BCUT2D eigenvalue weighted by molar-refractivity contribution is 0.781. The molecule has 0 unspecified atom stereocenters. The summed E-state index contributed by atoms with van der Waals surface area (Å²) in [6, 6.07) is 0. The fraction of sp³-hybridized carbons (Fsp3) is 0.667. The SMILES string of the molecule is CCNN.NC=S. The molecule has 4 heteroatoms. The minimum atomic E-state index is 0.847. The van der Waals surface area contributed by atoms with Gasteiger partial charge >= 0.3 is 0 Å². The van der Waals surface area contributed by atoms with E-state index in [1.54, 1.807) is 0 Å². The molecule has 0 aliphatic rings. The summed E-state index contributed by atoms with van der Waals surface area (Å²) < 4.78 is 0. The first-order chi connectivity index (χ1) is 3.33. The van der Waals surface area contributed by atoms with Gasteiger partial charge in [-0.15, -0.1) is 0 Å². The highest BCUT2D eigenvalue weighted by Gasteiger charge is 1.50. The Morgan fingerprint density at radius 1 is 1.86 bits per heavy atom. The molecule has 0 fully saturated rings. The van der Waals surface area contributed by atoms with Crippen molar-refractivity contribution in [1.82, 2.24) is 5.43 Å². The fourth-order valence-corrected chi connectivity index (χ4v) is 0. The van der Waals surface area contributed by atoms with Crippen LogP contribution < -0.4 is 17.0 Å². The summed E-state index contributed by atoms with van der Waals surface area (Å²) in [5, 5.41) is 0. The Morgan fingerprint density at radius 2 is 2.00 bits per heavy atom. The molecule has 0 rings (SSSR count). The molecule has 0 spiro atoms. The van der Waals surface area contributed by atoms with Crippen molar-refractivity contribution in [3.63, 3.8) is 0 Å². The molecule has 0 radical (unpaired) electrons. The van der Waals surface area contributed by atoms with E-state index in [4.69, 9.17) is 5.84 Å². The summed E-state index contributed by atoms with van der Waals surface area (Å²) in [5.74, 6) is 4.78. The number of hydrogen-bond donors (Lipinski definition) is 3. The first-order valence-corrected chi connectivity index (χ1v) is 2.39. The maximum absolute atomic E-state index is 4.78. The zero-order chi connectivity index (χ0) is 6.12. The number of rotatable bonds is 1. The minimum absolute atomic E-state index is 0.847. The molecule has 0 aromatic heterocycles. The van der Waals surface area contributed by atoms with E-state index in [0.717, 1.165) is 12.0 Å².